The van der Waals surface area contributed by atoms with E-state index in [1.165, 1.54) is 6.07 Å². The van der Waals surface area contributed by atoms with Gasteiger partial charge in [0.1, 0.15) is 18.1 Å². The van der Waals surface area contributed by atoms with Crippen LogP contribution in [0.2, 0.25) is 0 Å². The molecule has 0 aliphatic carbocycles. The number of likely N-dealkylation sites (tertiary alicyclic amines) is 1. The van der Waals surface area contributed by atoms with Gasteiger partial charge in [-0.1, -0.05) is 6.07 Å². The fraction of sp³-hybridized carbons (Fsp3) is 0.409. The zero-order valence-electron chi connectivity index (χ0n) is 16.3. The minimum Gasteiger partial charge on any atom is -0.507 e. The molecule has 0 spiro atoms. The third kappa shape index (κ3) is 4.92. The van der Waals surface area contributed by atoms with Gasteiger partial charge in [-0.25, -0.2) is 0 Å². The molecule has 1 atom stereocenters. The summed E-state index contributed by atoms with van der Waals surface area (Å²) in [6.07, 6.45) is 6.02. The first kappa shape index (κ1) is 20.8. The predicted molar refractivity (Wildman–Crippen MR) is 107 cm³/mol. The molecule has 1 unspecified atom stereocenters. The first-order chi connectivity index (χ1) is 14.2. The monoisotopic (exact) mass is 398 g/mol. The normalized spacial score (nSPS) is 16.4. The average molecular weight is 398 g/mol. The number of aliphatic hydroxyl groups excluding tert-OH is 1. The van der Waals surface area contributed by atoms with Crippen LogP contribution in [0.3, 0.4) is 0 Å². The number of piperidine rings is 1. The molecule has 2 N–H and O–H groups in total. The number of carbonyl (C=O) groups is 2. The summed E-state index contributed by atoms with van der Waals surface area (Å²) >= 11 is 0. The standard InChI is InChI=1S/C22H26N2O5/c25-13-5-8-19-17(7-4-11-23-19)22(28)24-12-2-1-6-16(24)15-29-21-10-3-9-20(27)18(21)14-26/h3-4,7,9-11,14,16,25,27H,1-2,5-6,8,12-13,15H2. The molecule has 1 aliphatic heterocycles. The number of aryl methyl sites for hydroxylation is 1. The molecule has 7 heteroatoms. The quantitative estimate of drug-likeness (QED) is 0.663. The molecular formula is C22H26N2O5. The fourth-order valence-corrected chi connectivity index (χ4v) is 3.64. The van der Waals surface area contributed by atoms with Gasteiger partial charge in [0.2, 0.25) is 0 Å². The van der Waals surface area contributed by atoms with Crippen molar-refractivity contribution in [2.45, 2.75) is 38.1 Å². The number of hydrogen-bond acceptors (Lipinski definition) is 6. The van der Waals surface area contributed by atoms with Gasteiger partial charge < -0.3 is 19.8 Å². The Balaban J connectivity index is 1.76. The molecule has 0 bridgehead atoms. The number of pyridine rings is 1. The van der Waals surface area contributed by atoms with Crippen LogP contribution >= 0.6 is 0 Å². The lowest BCUT2D eigenvalue weighted by atomic mass is 10.00. The number of aldehydes is 1. The molecule has 2 heterocycles. The van der Waals surface area contributed by atoms with Crippen molar-refractivity contribution < 1.29 is 24.5 Å². The van der Waals surface area contributed by atoms with Crippen molar-refractivity contribution in [2.75, 3.05) is 19.8 Å². The number of aromatic nitrogens is 1. The van der Waals surface area contributed by atoms with Gasteiger partial charge in [-0.15, -0.1) is 0 Å². The van der Waals surface area contributed by atoms with Crippen molar-refractivity contribution in [3.8, 4) is 11.5 Å². The van der Waals surface area contributed by atoms with Crippen LogP contribution in [0.5, 0.6) is 11.5 Å². The van der Waals surface area contributed by atoms with Gasteiger partial charge >= 0.3 is 0 Å². The number of phenolic OH excluding ortho intramolecular Hbond substituents is 1. The van der Waals surface area contributed by atoms with E-state index in [0.717, 1.165) is 19.3 Å². The van der Waals surface area contributed by atoms with E-state index in [-0.39, 0.29) is 36.5 Å². The molecule has 7 nitrogen and oxygen atoms in total. The van der Waals surface area contributed by atoms with Crippen LogP contribution in [0.25, 0.3) is 0 Å². The van der Waals surface area contributed by atoms with Gasteiger partial charge in [0.15, 0.2) is 6.29 Å². The highest BCUT2D eigenvalue weighted by Crippen LogP contribution is 2.27. The van der Waals surface area contributed by atoms with Crippen LogP contribution in [0, 0.1) is 0 Å². The summed E-state index contributed by atoms with van der Waals surface area (Å²) in [5.74, 6) is 0.0896. The van der Waals surface area contributed by atoms with Gasteiger partial charge in [-0.2, -0.15) is 0 Å². The highest BCUT2D eigenvalue weighted by Gasteiger charge is 2.29. The second-order valence-corrected chi connectivity index (χ2v) is 7.09. The van der Waals surface area contributed by atoms with Crippen LogP contribution in [0.15, 0.2) is 36.5 Å². The molecule has 2 aromatic rings. The molecule has 1 aromatic carbocycles. The number of benzene rings is 1. The molecule has 154 valence electrons. The fourth-order valence-electron chi connectivity index (χ4n) is 3.64. The Morgan fingerprint density at radius 2 is 2.14 bits per heavy atom. The summed E-state index contributed by atoms with van der Waals surface area (Å²) in [6, 6.07) is 8.06. The molecule has 0 saturated carbocycles. The number of hydrogen-bond donors (Lipinski definition) is 2. The van der Waals surface area contributed by atoms with Crippen molar-refractivity contribution >= 4 is 12.2 Å². The van der Waals surface area contributed by atoms with E-state index in [4.69, 9.17) is 9.84 Å². The summed E-state index contributed by atoms with van der Waals surface area (Å²) in [6.45, 7) is 0.914. The molecule has 1 amide bonds. The van der Waals surface area contributed by atoms with Crippen molar-refractivity contribution in [3.63, 3.8) is 0 Å². The van der Waals surface area contributed by atoms with Crippen LogP contribution < -0.4 is 4.74 Å². The van der Waals surface area contributed by atoms with Gasteiger partial charge in [0.05, 0.1) is 22.9 Å². The van der Waals surface area contributed by atoms with E-state index in [0.29, 0.717) is 42.7 Å². The van der Waals surface area contributed by atoms with Gasteiger partial charge in [-0.05, 0) is 56.4 Å². The highest BCUT2D eigenvalue weighted by atomic mass is 16.5. The maximum atomic E-state index is 13.3. The Morgan fingerprint density at radius 3 is 2.93 bits per heavy atom. The Labute approximate surface area is 170 Å². The van der Waals surface area contributed by atoms with E-state index in [2.05, 4.69) is 4.98 Å². The number of phenols is 1. The van der Waals surface area contributed by atoms with Gasteiger partial charge in [0, 0.05) is 19.3 Å². The molecule has 1 saturated heterocycles. The van der Waals surface area contributed by atoms with Crippen molar-refractivity contribution in [1.29, 1.82) is 0 Å². The van der Waals surface area contributed by atoms with E-state index in [1.54, 1.807) is 30.5 Å². The molecule has 1 fully saturated rings. The number of ether oxygens (including phenoxy) is 1. The van der Waals surface area contributed by atoms with Crippen LogP contribution in [-0.2, 0) is 6.42 Å². The van der Waals surface area contributed by atoms with E-state index < -0.39 is 0 Å². The number of aromatic hydroxyl groups is 1. The molecule has 29 heavy (non-hydrogen) atoms. The smallest absolute Gasteiger partial charge is 0.256 e. The SMILES string of the molecule is O=Cc1c(O)cccc1OCC1CCCCN1C(=O)c1cccnc1CCCO. The topological polar surface area (TPSA) is 100.0 Å². The summed E-state index contributed by atoms with van der Waals surface area (Å²) in [4.78, 5) is 30.6. The van der Waals surface area contributed by atoms with E-state index >= 15 is 0 Å². The second-order valence-electron chi connectivity index (χ2n) is 7.09. The van der Waals surface area contributed by atoms with Crippen molar-refractivity contribution in [2.24, 2.45) is 0 Å². The maximum absolute atomic E-state index is 13.3. The summed E-state index contributed by atoms with van der Waals surface area (Å²) in [5.41, 5.74) is 1.35. The number of aliphatic hydroxyl groups is 1. The van der Waals surface area contributed by atoms with Crippen LogP contribution in [-0.4, -0.2) is 58.1 Å². The lowest BCUT2D eigenvalue weighted by molar-refractivity contribution is 0.0525. The van der Waals surface area contributed by atoms with Crippen molar-refractivity contribution in [1.82, 2.24) is 9.88 Å². The lowest BCUT2D eigenvalue weighted by Gasteiger charge is -2.36. The molecule has 1 aromatic heterocycles. The molecule has 0 radical (unpaired) electrons. The third-order valence-electron chi connectivity index (χ3n) is 5.17. The highest BCUT2D eigenvalue weighted by molar-refractivity contribution is 5.95. The minimum atomic E-state index is -0.135. The van der Waals surface area contributed by atoms with E-state index in [1.807, 2.05) is 4.90 Å². The number of carbonyl (C=O) groups excluding carboxylic acids is 2. The first-order valence-corrected chi connectivity index (χ1v) is 9.91. The average Bonchev–Trinajstić information content (AvgIpc) is 2.76. The summed E-state index contributed by atoms with van der Waals surface area (Å²) in [7, 11) is 0. The van der Waals surface area contributed by atoms with Gasteiger partial charge in [0.25, 0.3) is 5.91 Å². The summed E-state index contributed by atoms with van der Waals surface area (Å²) in [5, 5.41) is 18.9. The summed E-state index contributed by atoms with van der Waals surface area (Å²) < 4.78 is 5.83. The first-order valence-electron chi connectivity index (χ1n) is 9.91. The van der Waals surface area contributed by atoms with Crippen LogP contribution in [0.1, 0.15) is 52.1 Å². The zero-order chi connectivity index (χ0) is 20.6. The molecule has 3 rings (SSSR count). The largest absolute Gasteiger partial charge is 0.507 e. The van der Waals surface area contributed by atoms with E-state index in [9.17, 15) is 14.7 Å². The molecular weight excluding hydrogens is 372 g/mol. The minimum absolute atomic E-state index is 0.0490. The number of nitrogens with zero attached hydrogens (tertiary/aromatic N) is 2. The van der Waals surface area contributed by atoms with Crippen LogP contribution in [0.4, 0.5) is 0 Å². The number of rotatable bonds is 8. The Hall–Kier alpha value is -2.93. The zero-order valence-corrected chi connectivity index (χ0v) is 16.3. The Kier molecular flexibility index (Phi) is 7.19. The second kappa shape index (κ2) is 10.0. The predicted octanol–water partition coefficient (Wildman–Crippen LogP) is 2.60. The Bertz CT molecular complexity index is 855. The third-order valence-corrected chi connectivity index (χ3v) is 5.17. The maximum Gasteiger partial charge on any atom is 0.256 e. The Morgan fingerprint density at radius 1 is 1.28 bits per heavy atom. The van der Waals surface area contributed by atoms with Gasteiger partial charge in [-0.3, -0.25) is 14.6 Å². The number of amides is 1. The molecule has 1 aliphatic rings. The lowest BCUT2D eigenvalue weighted by Crippen LogP contribution is -2.47. The van der Waals surface area contributed by atoms with Crippen molar-refractivity contribution in [3.05, 3.63) is 53.3 Å².